The molecule has 2 aliphatic rings. The van der Waals surface area contributed by atoms with E-state index < -0.39 is 20.7 Å². The highest BCUT2D eigenvalue weighted by Crippen LogP contribution is 2.56. The fourth-order valence-corrected chi connectivity index (χ4v) is 5.02. The Balaban J connectivity index is 2.09. The lowest BCUT2D eigenvalue weighted by Crippen LogP contribution is -2.45. The maximum Gasteiger partial charge on any atom is 0.219 e. The topological polar surface area (TPSA) is 101 Å². The van der Waals surface area contributed by atoms with E-state index in [9.17, 15) is 18.6 Å². The molecule has 0 bridgehead atoms. The molecule has 0 unspecified atom stereocenters. The van der Waals surface area contributed by atoms with Gasteiger partial charge in [0.05, 0.1) is 0 Å². The molecule has 6 heteroatoms. The molecule has 0 radical (unpaired) electrons. The first-order valence-corrected chi connectivity index (χ1v) is 10.2. The Morgan fingerprint density at radius 1 is 1.08 bits per heavy atom. The van der Waals surface area contributed by atoms with Crippen molar-refractivity contribution in [3.05, 3.63) is 48.1 Å². The molecule has 0 spiro atoms. The second-order valence-electron chi connectivity index (χ2n) is 7.40. The standard InChI is InChI=1S/C19H25NO4S/c1-18(11-7-15(8-12-18)25(20,23)24)19(9-3-2-4-10-19)16-6-5-14(21)13-17(16)22/h5-8,11-13,15,21-22H,2-4,9-10H2,1H3,(H2,20,23,24). The van der Waals surface area contributed by atoms with Gasteiger partial charge in [-0.05, 0) is 18.9 Å². The van der Waals surface area contributed by atoms with Gasteiger partial charge in [-0.2, -0.15) is 0 Å². The van der Waals surface area contributed by atoms with Crippen molar-refractivity contribution in [1.82, 2.24) is 0 Å². The molecule has 1 aromatic rings. The lowest BCUT2D eigenvalue weighted by atomic mass is 9.53. The number of aromatic hydroxyl groups is 2. The Morgan fingerprint density at radius 3 is 2.20 bits per heavy atom. The number of hydrogen-bond acceptors (Lipinski definition) is 4. The van der Waals surface area contributed by atoms with Crippen LogP contribution in [0.1, 0.15) is 44.6 Å². The maximum absolute atomic E-state index is 11.6. The molecule has 0 saturated heterocycles. The zero-order valence-electron chi connectivity index (χ0n) is 14.4. The molecule has 4 N–H and O–H groups in total. The van der Waals surface area contributed by atoms with E-state index in [0.29, 0.717) is 0 Å². The monoisotopic (exact) mass is 363 g/mol. The number of phenolic OH excluding ortho intramolecular Hbond substituents is 2. The van der Waals surface area contributed by atoms with Gasteiger partial charge in [0.15, 0.2) is 0 Å². The van der Waals surface area contributed by atoms with Crippen LogP contribution in [-0.4, -0.2) is 23.9 Å². The zero-order valence-corrected chi connectivity index (χ0v) is 15.2. The van der Waals surface area contributed by atoms with Crippen LogP contribution in [0.2, 0.25) is 0 Å². The molecule has 1 aromatic carbocycles. The minimum Gasteiger partial charge on any atom is -0.508 e. The van der Waals surface area contributed by atoms with Crippen LogP contribution in [-0.2, 0) is 15.4 Å². The minimum absolute atomic E-state index is 0.0291. The quantitative estimate of drug-likeness (QED) is 0.718. The van der Waals surface area contributed by atoms with Crippen molar-refractivity contribution < 1.29 is 18.6 Å². The van der Waals surface area contributed by atoms with Crippen LogP contribution >= 0.6 is 0 Å². The number of phenols is 2. The van der Waals surface area contributed by atoms with Crippen molar-refractivity contribution in [2.45, 2.75) is 49.7 Å². The zero-order chi connectivity index (χ0) is 18.3. The van der Waals surface area contributed by atoms with E-state index in [1.807, 2.05) is 12.2 Å². The number of nitrogens with two attached hydrogens (primary N) is 1. The van der Waals surface area contributed by atoms with E-state index in [1.165, 1.54) is 6.07 Å². The molecular weight excluding hydrogens is 338 g/mol. The first-order valence-electron chi connectivity index (χ1n) is 8.61. The average molecular weight is 363 g/mol. The van der Waals surface area contributed by atoms with Crippen LogP contribution in [0, 0.1) is 5.41 Å². The van der Waals surface area contributed by atoms with Crippen LogP contribution < -0.4 is 5.14 Å². The smallest absolute Gasteiger partial charge is 0.219 e. The van der Waals surface area contributed by atoms with Crippen molar-refractivity contribution in [3.63, 3.8) is 0 Å². The summed E-state index contributed by atoms with van der Waals surface area (Å²) in [6.07, 6.45) is 12.1. The van der Waals surface area contributed by atoms with Crippen LogP contribution in [0.25, 0.3) is 0 Å². The van der Waals surface area contributed by atoms with Crippen LogP contribution in [0.4, 0.5) is 0 Å². The summed E-state index contributed by atoms with van der Waals surface area (Å²) in [6, 6.07) is 4.76. The van der Waals surface area contributed by atoms with Crippen LogP contribution in [0.15, 0.2) is 42.5 Å². The lowest BCUT2D eigenvalue weighted by molar-refractivity contribution is 0.172. The number of benzene rings is 1. The van der Waals surface area contributed by atoms with E-state index >= 15 is 0 Å². The predicted molar refractivity (Wildman–Crippen MR) is 97.8 cm³/mol. The van der Waals surface area contributed by atoms with Crippen molar-refractivity contribution in [2.24, 2.45) is 10.6 Å². The summed E-state index contributed by atoms with van der Waals surface area (Å²) in [5.74, 6) is 0.111. The summed E-state index contributed by atoms with van der Waals surface area (Å²) in [6.45, 7) is 2.07. The van der Waals surface area contributed by atoms with Gasteiger partial charge < -0.3 is 10.2 Å². The highest BCUT2D eigenvalue weighted by molar-refractivity contribution is 7.90. The average Bonchev–Trinajstić information content (AvgIpc) is 2.55. The summed E-state index contributed by atoms with van der Waals surface area (Å²) >= 11 is 0. The van der Waals surface area contributed by atoms with Crippen LogP contribution in [0.3, 0.4) is 0 Å². The Labute approximate surface area is 148 Å². The van der Waals surface area contributed by atoms with Gasteiger partial charge in [0.25, 0.3) is 0 Å². The van der Waals surface area contributed by atoms with Gasteiger partial charge in [-0.25, -0.2) is 13.6 Å². The fourth-order valence-electron chi connectivity index (χ4n) is 4.43. The van der Waals surface area contributed by atoms with Gasteiger partial charge in [-0.3, -0.25) is 0 Å². The van der Waals surface area contributed by atoms with Gasteiger partial charge in [0.1, 0.15) is 16.7 Å². The number of rotatable bonds is 3. The summed E-state index contributed by atoms with van der Waals surface area (Å²) in [5.41, 5.74) is 0.0125. The Morgan fingerprint density at radius 2 is 1.68 bits per heavy atom. The molecule has 0 heterocycles. The third-order valence-corrected chi connectivity index (χ3v) is 6.95. The Kier molecular flexibility index (Phi) is 4.45. The molecule has 2 aliphatic carbocycles. The summed E-state index contributed by atoms with van der Waals surface area (Å²) < 4.78 is 23.2. The van der Waals surface area contributed by atoms with E-state index in [2.05, 4.69) is 6.92 Å². The molecule has 1 fully saturated rings. The number of primary sulfonamides is 1. The molecule has 0 atom stereocenters. The number of allylic oxidation sites excluding steroid dienone is 2. The third-order valence-electron chi connectivity index (χ3n) is 5.88. The van der Waals surface area contributed by atoms with E-state index in [1.54, 1.807) is 24.3 Å². The summed E-state index contributed by atoms with van der Waals surface area (Å²) in [5, 5.41) is 24.6. The molecule has 0 aromatic heterocycles. The van der Waals surface area contributed by atoms with Gasteiger partial charge in [-0.15, -0.1) is 0 Å². The van der Waals surface area contributed by atoms with Gasteiger partial charge in [0.2, 0.25) is 10.0 Å². The van der Waals surface area contributed by atoms with Crippen molar-refractivity contribution in [3.8, 4) is 11.5 Å². The van der Waals surface area contributed by atoms with Crippen molar-refractivity contribution >= 4 is 10.0 Å². The lowest BCUT2D eigenvalue weighted by Gasteiger charge is -2.50. The molecule has 0 amide bonds. The van der Waals surface area contributed by atoms with E-state index in [-0.39, 0.29) is 16.9 Å². The molecule has 5 nitrogen and oxygen atoms in total. The van der Waals surface area contributed by atoms with Crippen molar-refractivity contribution in [1.29, 1.82) is 0 Å². The van der Waals surface area contributed by atoms with E-state index in [0.717, 1.165) is 37.7 Å². The normalized spacial score (nSPS) is 28.8. The third kappa shape index (κ3) is 3.09. The van der Waals surface area contributed by atoms with Gasteiger partial charge >= 0.3 is 0 Å². The molecule has 0 aliphatic heterocycles. The van der Waals surface area contributed by atoms with Gasteiger partial charge in [0, 0.05) is 22.5 Å². The Hall–Kier alpha value is -1.79. The number of sulfonamides is 1. The fraction of sp³-hybridized carbons (Fsp3) is 0.474. The molecule has 3 rings (SSSR count). The minimum atomic E-state index is -3.66. The second-order valence-corrected chi connectivity index (χ2v) is 9.12. The SMILES string of the molecule is CC1(C2(c3ccc(O)cc3O)CCCCC2)C=CC(S(N)(=O)=O)C=C1. The highest BCUT2D eigenvalue weighted by atomic mass is 32.2. The van der Waals surface area contributed by atoms with Crippen LogP contribution in [0.5, 0.6) is 11.5 Å². The highest BCUT2D eigenvalue weighted by Gasteiger charge is 2.49. The predicted octanol–water partition coefficient (Wildman–Crippen LogP) is 3.09. The summed E-state index contributed by atoms with van der Waals surface area (Å²) in [4.78, 5) is 0. The molecule has 1 saturated carbocycles. The Bertz CT molecular complexity index is 806. The second kappa shape index (κ2) is 6.18. The molecule has 136 valence electrons. The molecule has 25 heavy (non-hydrogen) atoms. The van der Waals surface area contributed by atoms with Crippen molar-refractivity contribution in [2.75, 3.05) is 0 Å². The largest absolute Gasteiger partial charge is 0.508 e. The summed E-state index contributed by atoms with van der Waals surface area (Å²) in [7, 11) is -3.66. The first kappa shape index (κ1) is 18.0. The molecular formula is C19H25NO4S. The number of hydrogen-bond donors (Lipinski definition) is 3. The van der Waals surface area contributed by atoms with E-state index in [4.69, 9.17) is 5.14 Å². The van der Waals surface area contributed by atoms with Gasteiger partial charge in [-0.1, -0.05) is 56.6 Å². The maximum atomic E-state index is 11.6. The first-order chi connectivity index (χ1) is 11.7.